The maximum atomic E-state index is 5.84. The van der Waals surface area contributed by atoms with E-state index in [1.165, 1.54) is 5.56 Å². The minimum Gasteiger partial charge on any atom is -0.494 e. The summed E-state index contributed by atoms with van der Waals surface area (Å²) in [4.78, 5) is 0. The molecule has 0 aliphatic rings. The monoisotopic (exact) mass is 244 g/mol. The fraction of sp³-hybridized carbons (Fsp3) is 0.571. The zero-order chi connectivity index (χ0) is 13.0. The van der Waals surface area contributed by atoms with E-state index >= 15 is 0 Å². The van der Waals surface area contributed by atoms with Crippen LogP contribution in [-0.2, 0) is 6.42 Å². The van der Waals surface area contributed by atoms with E-state index in [0.29, 0.717) is 6.61 Å². The molecule has 0 atom stereocenters. The molecular formula is C14H25ClO. The van der Waals surface area contributed by atoms with Gasteiger partial charge in [-0.1, -0.05) is 46.2 Å². The Morgan fingerprint density at radius 3 is 2.06 bits per heavy atom. The summed E-state index contributed by atoms with van der Waals surface area (Å²) in [6.45, 7) is 12.8. The molecule has 0 saturated carbocycles. The summed E-state index contributed by atoms with van der Waals surface area (Å²) in [5, 5.41) is 0.773. The summed E-state index contributed by atoms with van der Waals surface area (Å²) in [5.74, 6) is 0.949. The Morgan fingerprint density at radius 2 is 1.62 bits per heavy atom. The van der Waals surface area contributed by atoms with Gasteiger partial charge in [0.1, 0.15) is 5.75 Å². The van der Waals surface area contributed by atoms with E-state index in [2.05, 4.69) is 6.92 Å². The zero-order valence-electron chi connectivity index (χ0n) is 11.4. The Kier molecular flexibility index (Phi) is 13.7. The molecule has 0 spiro atoms. The Hall–Kier alpha value is -0.690. The van der Waals surface area contributed by atoms with Crippen LogP contribution in [0.5, 0.6) is 5.75 Å². The molecular weight excluding hydrogens is 220 g/mol. The number of rotatable bonds is 3. The van der Waals surface area contributed by atoms with Gasteiger partial charge >= 0.3 is 0 Å². The second kappa shape index (κ2) is 12.4. The lowest BCUT2D eigenvalue weighted by Gasteiger charge is -2.08. The lowest BCUT2D eigenvalue weighted by atomic mass is 10.1. The topological polar surface area (TPSA) is 9.23 Å². The molecule has 1 nitrogen and oxygen atoms in total. The second-order valence-corrected chi connectivity index (χ2v) is 2.98. The molecule has 1 aromatic carbocycles. The molecule has 0 aliphatic carbocycles. The van der Waals surface area contributed by atoms with Gasteiger partial charge in [0, 0.05) is 5.02 Å². The van der Waals surface area contributed by atoms with Crippen molar-refractivity contribution in [2.75, 3.05) is 6.61 Å². The maximum absolute atomic E-state index is 5.84. The van der Waals surface area contributed by atoms with Crippen molar-refractivity contribution in [1.82, 2.24) is 0 Å². The van der Waals surface area contributed by atoms with Crippen molar-refractivity contribution in [3.8, 4) is 5.75 Å². The molecule has 94 valence electrons. The fourth-order valence-electron chi connectivity index (χ4n) is 1.12. The van der Waals surface area contributed by atoms with Crippen LogP contribution in [0.1, 0.15) is 47.1 Å². The quantitative estimate of drug-likeness (QED) is 0.696. The maximum Gasteiger partial charge on any atom is 0.122 e. The van der Waals surface area contributed by atoms with Gasteiger partial charge in [0.15, 0.2) is 0 Å². The van der Waals surface area contributed by atoms with Crippen molar-refractivity contribution in [2.45, 2.75) is 48.0 Å². The molecule has 2 heteroatoms. The highest BCUT2D eigenvalue weighted by Crippen LogP contribution is 2.23. The Morgan fingerprint density at radius 1 is 1.06 bits per heavy atom. The third-order valence-corrected chi connectivity index (χ3v) is 1.94. The van der Waals surface area contributed by atoms with Crippen molar-refractivity contribution >= 4 is 11.6 Å². The van der Waals surface area contributed by atoms with Crippen LogP contribution in [0.3, 0.4) is 0 Å². The molecule has 0 amide bonds. The van der Waals surface area contributed by atoms with E-state index in [4.69, 9.17) is 16.3 Å². The molecule has 0 fully saturated rings. The third-order valence-electron chi connectivity index (χ3n) is 1.70. The lowest BCUT2D eigenvalue weighted by molar-refractivity contribution is 0.337. The van der Waals surface area contributed by atoms with Gasteiger partial charge in [0.2, 0.25) is 0 Å². The largest absolute Gasteiger partial charge is 0.494 e. The summed E-state index contributed by atoms with van der Waals surface area (Å²) >= 11 is 5.84. The molecule has 0 aliphatic heterocycles. The van der Waals surface area contributed by atoms with Crippen LogP contribution in [0.25, 0.3) is 0 Å². The van der Waals surface area contributed by atoms with Gasteiger partial charge in [0.25, 0.3) is 0 Å². The predicted octanol–water partition coefficient (Wildman–Crippen LogP) is 5.35. The Bertz CT molecular complexity index is 259. The molecule has 0 heterocycles. The first-order valence-corrected chi connectivity index (χ1v) is 6.57. The predicted molar refractivity (Wildman–Crippen MR) is 74.7 cm³/mol. The van der Waals surface area contributed by atoms with Gasteiger partial charge in [-0.15, -0.1) is 0 Å². The number of ether oxygens (including phenoxy) is 1. The van der Waals surface area contributed by atoms with Crippen LogP contribution in [0, 0.1) is 0 Å². The average Bonchev–Trinajstić information content (AvgIpc) is 2.36. The van der Waals surface area contributed by atoms with E-state index in [1.807, 2.05) is 52.8 Å². The van der Waals surface area contributed by atoms with Crippen LogP contribution in [0.15, 0.2) is 18.2 Å². The van der Waals surface area contributed by atoms with Crippen LogP contribution in [0.2, 0.25) is 5.02 Å². The zero-order valence-corrected chi connectivity index (χ0v) is 12.2. The highest BCUT2D eigenvalue weighted by Gasteiger charge is 2.00. The molecule has 16 heavy (non-hydrogen) atoms. The molecule has 1 rings (SSSR count). The van der Waals surface area contributed by atoms with Crippen LogP contribution in [0.4, 0.5) is 0 Å². The van der Waals surface area contributed by atoms with Crippen molar-refractivity contribution in [2.24, 2.45) is 0 Å². The van der Waals surface area contributed by atoms with E-state index in [1.54, 1.807) is 0 Å². The fourth-order valence-corrected chi connectivity index (χ4v) is 1.32. The molecule has 1 aromatic rings. The van der Waals surface area contributed by atoms with Gasteiger partial charge in [-0.2, -0.15) is 0 Å². The smallest absolute Gasteiger partial charge is 0.122 e. The third kappa shape index (κ3) is 6.73. The molecule has 0 N–H and O–H groups in total. The SMILES string of the molecule is CC.CC.CCOc1ccc(Cl)cc1CC. The van der Waals surface area contributed by atoms with E-state index in [-0.39, 0.29) is 0 Å². The summed E-state index contributed by atoms with van der Waals surface area (Å²) in [7, 11) is 0. The first-order valence-electron chi connectivity index (χ1n) is 6.19. The first-order chi connectivity index (χ1) is 7.77. The highest BCUT2D eigenvalue weighted by molar-refractivity contribution is 6.30. The average molecular weight is 245 g/mol. The summed E-state index contributed by atoms with van der Waals surface area (Å²) in [6, 6.07) is 5.73. The number of hydrogen-bond acceptors (Lipinski definition) is 1. The van der Waals surface area contributed by atoms with E-state index in [0.717, 1.165) is 17.2 Å². The second-order valence-electron chi connectivity index (χ2n) is 2.54. The van der Waals surface area contributed by atoms with Crippen molar-refractivity contribution in [3.05, 3.63) is 28.8 Å². The van der Waals surface area contributed by atoms with Crippen molar-refractivity contribution in [1.29, 1.82) is 0 Å². The minimum atomic E-state index is 0.703. The van der Waals surface area contributed by atoms with Crippen LogP contribution >= 0.6 is 11.6 Å². The van der Waals surface area contributed by atoms with Gasteiger partial charge in [-0.25, -0.2) is 0 Å². The number of hydrogen-bond donors (Lipinski definition) is 0. The van der Waals surface area contributed by atoms with Crippen LogP contribution in [-0.4, -0.2) is 6.61 Å². The molecule has 0 radical (unpaired) electrons. The highest BCUT2D eigenvalue weighted by atomic mass is 35.5. The van der Waals surface area contributed by atoms with Gasteiger partial charge in [-0.3, -0.25) is 0 Å². The normalized spacial score (nSPS) is 8.19. The van der Waals surface area contributed by atoms with Crippen molar-refractivity contribution < 1.29 is 4.74 Å². The minimum absolute atomic E-state index is 0.703. The van der Waals surface area contributed by atoms with Gasteiger partial charge in [0.05, 0.1) is 6.61 Å². The summed E-state index contributed by atoms with van der Waals surface area (Å²) < 4.78 is 5.42. The van der Waals surface area contributed by atoms with E-state index in [9.17, 15) is 0 Å². The number of benzene rings is 1. The Labute approximate surface area is 106 Å². The molecule has 0 bridgehead atoms. The van der Waals surface area contributed by atoms with Crippen LogP contribution < -0.4 is 4.74 Å². The van der Waals surface area contributed by atoms with Gasteiger partial charge < -0.3 is 4.74 Å². The number of aryl methyl sites for hydroxylation is 1. The summed E-state index contributed by atoms with van der Waals surface area (Å²) in [5.41, 5.74) is 1.17. The van der Waals surface area contributed by atoms with E-state index < -0.39 is 0 Å². The number of halogens is 1. The molecule has 0 unspecified atom stereocenters. The van der Waals surface area contributed by atoms with Crippen molar-refractivity contribution in [3.63, 3.8) is 0 Å². The first kappa shape index (κ1) is 17.7. The summed E-state index contributed by atoms with van der Waals surface area (Å²) in [6.07, 6.45) is 0.954. The molecule has 0 aromatic heterocycles. The standard InChI is InChI=1S/C10H13ClO.2C2H6/c1-3-8-7-9(11)5-6-10(8)12-4-2;2*1-2/h5-7H,3-4H2,1-2H3;2*1-2H3. The lowest BCUT2D eigenvalue weighted by Crippen LogP contribution is -1.95. The Balaban J connectivity index is 0. The molecule has 0 saturated heterocycles. The van der Waals surface area contributed by atoms with Gasteiger partial charge in [-0.05, 0) is 37.1 Å².